The first-order valence-electron chi connectivity index (χ1n) is 6.69. The molecule has 1 aliphatic heterocycles. The third-order valence-corrected chi connectivity index (χ3v) is 6.94. The van der Waals surface area contributed by atoms with Crippen molar-refractivity contribution in [3.63, 3.8) is 0 Å². The molecule has 0 saturated carbocycles. The minimum absolute atomic E-state index is 0.276. The summed E-state index contributed by atoms with van der Waals surface area (Å²) in [7, 11) is -1.87. The molecular formula is C14H16ClNO3S2. The van der Waals surface area contributed by atoms with E-state index in [-0.39, 0.29) is 5.92 Å². The quantitative estimate of drug-likeness (QED) is 0.854. The maximum atomic E-state index is 12.8. The van der Waals surface area contributed by atoms with Crippen molar-refractivity contribution in [1.29, 1.82) is 0 Å². The van der Waals surface area contributed by atoms with Crippen molar-refractivity contribution in [3.05, 3.63) is 28.6 Å². The van der Waals surface area contributed by atoms with Gasteiger partial charge < -0.3 is 4.74 Å². The molecule has 3 rings (SSSR count). The van der Waals surface area contributed by atoms with Gasteiger partial charge in [0, 0.05) is 40.7 Å². The van der Waals surface area contributed by atoms with Crippen LogP contribution in [0, 0.1) is 5.92 Å². The fourth-order valence-corrected chi connectivity index (χ4v) is 5.40. The number of ether oxygens (including phenoxy) is 1. The van der Waals surface area contributed by atoms with Gasteiger partial charge in [-0.15, -0.1) is 11.3 Å². The summed E-state index contributed by atoms with van der Waals surface area (Å²) in [6.07, 6.45) is 0.913. The summed E-state index contributed by atoms with van der Waals surface area (Å²) in [5.74, 6) is 0.276. The van der Waals surface area contributed by atoms with E-state index in [1.165, 1.54) is 15.6 Å². The van der Waals surface area contributed by atoms with Crippen LogP contribution in [0.15, 0.2) is 28.5 Å². The van der Waals surface area contributed by atoms with E-state index in [0.717, 1.165) is 17.7 Å². The molecule has 0 radical (unpaired) electrons. The van der Waals surface area contributed by atoms with E-state index in [0.29, 0.717) is 28.5 Å². The Morgan fingerprint density at radius 2 is 2.29 bits per heavy atom. The highest BCUT2D eigenvalue weighted by molar-refractivity contribution is 7.89. The van der Waals surface area contributed by atoms with E-state index in [1.807, 2.05) is 6.07 Å². The third kappa shape index (κ3) is 2.96. The summed E-state index contributed by atoms with van der Waals surface area (Å²) in [5.41, 5.74) is 0. The van der Waals surface area contributed by atoms with Crippen LogP contribution in [0.3, 0.4) is 0 Å². The van der Waals surface area contributed by atoms with Crippen LogP contribution in [0.5, 0.6) is 0 Å². The third-order valence-electron chi connectivity index (χ3n) is 3.73. The Kier molecular flexibility index (Phi) is 4.25. The van der Waals surface area contributed by atoms with E-state index in [9.17, 15) is 8.42 Å². The number of sulfonamides is 1. The Bertz CT molecular complexity index is 751. The van der Waals surface area contributed by atoms with E-state index < -0.39 is 10.0 Å². The Morgan fingerprint density at radius 1 is 1.48 bits per heavy atom. The summed E-state index contributed by atoms with van der Waals surface area (Å²) in [5, 5.41) is 2.93. The summed E-state index contributed by atoms with van der Waals surface area (Å²) in [4.78, 5) is 0.339. The second kappa shape index (κ2) is 5.85. The van der Waals surface area contributed by atoms with Crippen molar-refractivity contribution in [3.8, 4) is 0 Å². The molecule has 1 aromatic heterocycles. The van der Waals surface area contributed by atoms with E-state index >= 15 is 0 Å². The zero-order valence-corrected chi connectivity index (χ0v) is 14.0. The largest absolute Gasteiger partial charge is 0.381 e. The van der Waals surface area contributed by atoms with E-state index in [4.69, 9.17) is 16.3 Å². The molecule has 0 spiro atoms. The highest BCUT2D eigenvalue weighted by Crippen LogP contribution is 2.33. The van der Waals surface area contributed by atoms with Gasteiger partial charge in [-0.2, -0.15) is 0 Å². The van der Waals surface area contributed by atoms with Crippen LogP contribution in [0.1, 0.15) is 6.42 Å². The highest BCUT2D eigenvalue weighted by Gasteiger charge is 2.28. The van der Waals surface area contributed by atoms with Crippen molar-refractivity contribution in [2.24, 2.45) is 5.92 Å². The Hall–Kier alpha value is -0.660. The molecule has 4 nitrogen and oxygen atoms in total. The summed E-state index contributed by atoms with van der Waals surface area (Å²) < 4.78 is 33.2. The number of halogens is 1. The Balaban J connectivity index is 1.93. The lowest BCUT2D eigenvalue weighted by atomic mass is 10.1. The maximum Gasteiger partial charge on any atom is 0.244 e. The molecule has 2 heterocycles. The molecule has 0 bridgehead atoms. The molecule has 0 amide bonds. The molecule has 1 aromatic carbocycles. The number of hydrogen-bond donors (Lipinski definition) is 0. The van der Waals surface area contributed by atoms with Crippen LogP contribution in [0.2, 0.25) is 5.02 Å². The van der Waals surface area contributed by atoms with Crippen LogP contribution >= 0.6 is 22.9 Å². The smallest absolute Gasteiger partial charge is 0.244 e. The van der Waals surface area contributed by atoms with Crippen LogP contribution in [0.4, 0.5) is 0 Å². The lowest BCUT2D eigenvalue weighted by Crippen LogP contribution is -2.32. The van der Waals surface area contributed by atoms with Crippen LogP contribution < -0.4 is 0 Å². The molecule has 7 heteroatoms. The number of rotatable bonds is 4. The lowest BCUT2D eigenvalue weighted by molar-refractivity contribution is 0.182. The first-order chi connectivity index (χ1) is 9.98. The monoisotopic (exact) mass is 345 g/mol. The molecular weight excluding hydrogens is 330 g/mol. The van der Waals surface area contributed by atoms with Crippen molar-refractivity contribution >= 4 is 43.0 Å². The minimum atomic E-state index is -3.50. The van der Waals surface area contributed by atoms with Crippen molar-refractivity contribution < 1.29 is 13.2 Å². The number of nitrogens with zero attached hydrogens (tertiary/aromatic N) is 1. The topological polar surface area (TPSA) is 46.6 Å². The predicted molar refractivity (Wildman–Crippen MR) is 85.6 cm³/mol. The SMILES string of the molecule is CN(CC1CCOC1)S(=O)(=O)c1csc2ccc(Cl)cc12. The second-order valence-electron chi connectivity index (χ2n) is 5.26. The molecule has 21 heavy (non-hydrogen) atoms. The fraction of sp³-hybridized carbons (Fsp3) is 0.429. The molecule has 2 aromatic rings. The summed E-state index contributed by atoms with van der Waals surface area (Å²) in [6, 6.07) is 5.34. The lowest BCUT2D eigenvalue weighted by Gasteiger charge is -2.19. The molecule has 114 valence electrons. The Morgan fingerprint density at radius 3 is 3.00 bits per heavy atom. The van der Waals surface area contributed by atoms with Crippen molar-refractivity contribution in [2.45, 2.75) is 11.3 Å². The predicted octanol–water partition coefficient (Wildman–Crippen LogP) is 3.21. The summed E-state index contributed by atoms with van der Waals surface area (Å²) in [6.45, 7) is 1.84. The molecule has 0 aliphatic carbocycles. The fourth-order valence-electron chi connectivity index (χ4n) is 2.53. The van der Waals surface area contributed by atoms with Gasteiger partial charge in [-0.05, 0) is 30.5 Å². The number of hydrogen-bond acceptors (Lipinski definition) is 4. The van der Waals surface area contributed by atoms with Gasteiger partial charge in [-0.1, -0.05) is 11.6 Å². The van der Waals surface area contributed by atoms with E-state index in [1.54, 1.807) is 24.6 Å². The second-order valence-corrected chi connectivity index (χ2v) is 8.62. The molecule has 1 unspecified atom stereocenters. The van der Waals surface area contributed by atoms with Gasteiger partial charge in [0.25, 0.3) is 0 Å². The van der Waals surface area contributed by atoms with Gasteiger partial charge in [0.2, 0.25) is 10.0 Å². The molecule has 0 N–H and O–H groups in total. The zero-order valence-electron chi connectivity index (χ0n) is 11.6. The highest BCUT2D eigenvalue weighted by atomic mass is 35.5. The average Bonchev–Trinajstić information content (AvgIpc) is 3.07. The van der Waals surface area contributed by atoms with Crippen molar-refractivity contribution in [1.82, 2.24) is 4.31 Å². The van der Waals surface area contributed by atoms with Crippen LogP contribution in [-0.2, 0) is 14.8 Å². The standard InChI is InChI=1S/C14H16ClNO3S2/c1-16(7-10-4-5-19-8-10)21(17,18)14-9-20-13-3-2-11(15)6-12(13)14/h2-3,6,9-10H,4-5,7-8H2,1H3. The van der Waals surface area contributed by atoms with Gasteiger partial charge in [-0.3, -0.25) is 0 Å². The summed E-state index contributed by atoms with van der Waals surface area (Å²) >= 11 is 7.41. The van der Waals surface area contributed by atoms with Gasteiger partial charge in [0.1, 0.15) is 4.90 Å². The minimum Gasteiger partial charge on any atom is -0.381 e. The number of fused-ring (bicyclic) bond motifs is 1. The van der Waals surface area contributed by atoms with Crippen LogP contribution in [0.25, 0.3) is 10.1 Å². The van der Waals surface area contributed by atoms with Crippen LogP contribution in [-0.4, -0.2) is 39.5 Å². The molecule has 1 fully saturated rings. The van der Waals surface area contributed by atoms with Gasteiger partial charge in [-0.25, -0.2) is 12.7 Å². The number of benzene rings is 1. The zero-order chi connectivity index (χ0) is 15.0. The normalized spacial score (nSPS) is 19.7. The molecule has 1 aliphatic rings. The number of thiophene rings is 1. The van der Waals surface area contributed by atoms with Gasteiger partial charge in [0.15, 0.2) is 0 Å². The first kappa shape index (κ1) is 15.2. The average molecular weight is 346 g/mol. The maximum absolute atomic E-state index is 12.8. The van der Waals surface area contributed by atoms with Gasteiger partial charge in [0.05, 0.1) is 6.61 Å². The molecule has 1 saturated heterocycles. The first-order valence-corrected chi connectivity index (χ1v) is 9.39. The molecule has 1 atom stereocenters. The van der Waals surface area contributed by atoms with E-state index in [2.05, 4.69) is 0 Å². The van der Waals surface area contributed by atoms with Gasteiger partial charge >= 0.3 is 0 Å². The van der Waals surface area contributed by atoms with Crippen molar-refractivity contribution in [2.75, 3.05) is 26.8 Å². The Labute approximate surface area is 133 Å².